The van der Waals surface area contributed by atoms with E-state index in [9.17, 15) is 19.5 Å². The molecule has 0 aliphatic carbocycles. The first-order valence-electron chi connectivity index (χ1n) is 10.9. The number of Topliss-reactive ketones (excluding diaryl/α,β-unsaturated/α-hetero) is 1. The van der Waals surface area contributed by atoms with Crippen molar-refractivity contribution < 1.29 is 24.2 Å². The number of benzene rings is 3. The highest BCUT2D eigenvalue weighted by Gasteiger charge is 2.23. The van der Waals surface area contributed by atoms with Crippen LogP contribution in [-0.2, 0) is 9.53 Å². The summed E-state index contributed by atoms with van der Waals surface area (Å²) < 4.78 is 5.69. The Morgan fingerprint density at radius 1 is 0.943 bits per heavy atom. The predicted octanol–water partition coefficient (Wildman–Crippen LogP) is 5.30. The SMILES string of the molecule is CC(=O)c1ccc(NC(=O)O[C@H](c2ccc(O)cc2)[C@@H](C)/C=C/C(=O)Nc2ccccc2N)cc1. The van der Waals surface area contributed by atoms with Crippen LogP contribution in [0.1, 0.15) is 35.9 Å². The number of aromatic hydroxyl groups is 1. The van der Waals surface area contributed by atoms with Crippen molar-refractivity contribution in [2.45, 2.75) is 20.0 Å². The number of rotatable bonds is 8. The van der Waals surface area contributed by atoms with Gasteiger partial charge in [-0.05, 0) is 67.1 Å². The van der Waals surface area contributed by atoms with Crippen molar-refractivity contribution in [3.63, 3.8) is 0 Å². The Bertz CT molecular complexity index is 1220. The van der Waals surface area contributed by atoms with E-state index in [0.717, 1.165) is 0 Å². The third-order valence-electron chi connectivity index (χ3n) is 5.24. The third kappa shape index (κ3) is 7.20. The Morgan fingerprint density at radius 3 is 2.23 bits per heavy atom. The van der Waals surface area contributed by atoms with Crippen LogP contribution in [0.4, 0.5) is 21.9 Å². The summed E-state index contributed by atoms with van der Waals surface area (Å²) in [5, 5.41) is 15.0. The molecule has 3 rings (SSSR count). The van der Waals surface area contributed by atoms with E-state index in [4.69, 9.17) is 10.5 Å². The highest BCUT2D eigenvalue weighted by Crippen LogP contribution is 2.29. The van der Waals surface area contributed by atoms with Gasteiger partial charge in [0, 0.05) is 17.2 Å². The minimum Gasteiger partial charge on any atom is -0.508 e. The molecule has 0 aromatic heterocycles. The maximum absolute atomic E-state index is 12.6. The number of carbonyl (C=O) groups is 3. The fourth-order valence-corrected chi connectivity index (χ4v) is 3.32. The molecule has 8 nitrogen and oxygen atoms in total. The summed E-state index contributed by atoms with van der Waals surface area (Å²) in [6, 6.07) is 19.6. The average molecular weight is 474 g/mol. The lowest BCUT2D eigenvalue weighted by Crippen LogP contribution is -2.21. The van der Waals surface area contributed by atoms with E-state index in [2.05, 4.69) is 10.6 Å². The number of hydrogen-bond acceptors (Lipinski definition) is 6. The van der Waals surface area contributed by atoms with E-state index in [1.165, 1.54) is 25.1 Å². The summed E-state index contributed by atoms with van der Waals surface area (Å²) in [4.78, 5) is 36.5. The van der Waals surface area contributed by atoms with Gasteiger partial charge in [0.25, 0.3) is 0 Å². The molecule has 0 saturated carbocycles. The maximum atomic E-state index is 12.6. The molecule has 0 heterocycles. The number of anilines is 3. The summed E-state index contributed by atoms with van der Waals surface area (Å²) in [7, 11) is 0. The zero-order chi connectivity index (χ0) is 25.4. The van der Waals surface area contributed by atoms with Gasteiger partial charge in [-0.3, -0.25) is 14.9 Å². The number of ether oxygens (including phenoxy) is 1. The minimum atomic E-state index is -0.752. The van der Waals surface area contributed by atoms with Crippen molar-refractivity contribution in [1.82, 2.24) is 0 Å². The molecule has 0 aliphatic heterocycles. The number of nitrogens with one attached hydrogen (secondary N) is 2. The van der Waals surface area contributed by atoms with Crippen LogP contribution in [0.3, 0.4) is 0 Å². The second kappa shape index (κ2) is 11.5. The molecule has 35 heavy (non-hydrogen) atoms. The highest BCUT2D eigenvalue weighted by molar-refractivity contribution is 6.01. The van der Waals surface area contributed by atoms with Crippen molar-refractivity contribution in [2.75, 3.05) is 16.4 Å². The molecule has 180 valence electrons. The molecule has 0 unspecified atom stereocenters. The van der Waals surface area contributed by atoms with E-state index in [1.54, 1.807) is 73.7 Å². The van der Waals surface area contributed by atoms with Gasteiger partial charge in [0.05, 0.1) is 11.4 Å². The Kier molecular flexibility index (Phi) is 8.24. The number of nitrogens with two attached hydrogens (primary N) is 1. The fraction of sp³-hybridized carbons (Fsp3) is 0.148. The minimum absolute atomic E-state index is 0.0746. The molecular weight excluding hydrogens is 446 g/mol. The molecule has 0 fully saturated rings. The molecule has 0 saturated heterocycles. The number of phenolic OH excluding ortho intramolecular Hbond substituents is 1. The van der Waals surface area contributed by atoms with Crippen molar-refractivity contribution in [1.29, 1.82) is 0 Å². The van der Waals surface area contributed by atoms with Crippen LogP contribution in [0.2, 0.25) is 0 Å². The van der Waals surface area contributed by atoms with Crippen molar-refractivity contribution in [3.8, 4) is 5.75 Å². The molecule has 0 bridgehead atoms. The number of ketones is 1. The number of amides is 2. The molecule has 5 N–H and O–H groups in total. The van der Waals surface area contributed by atoms with Crippen LogP contribution in [-0.4, -0.2) is 22.9 Å². The largest absolute Gasteiger partial charge is 0.508 e. The first-order valence-corrected chi connectivity index (χ1v) is 10.9. The zero-order valence-electron chi connectivity index (χ0n) is 19.4. The van der Waals surface area contributed by atoms with E-state index in [0.29, 0.717) is 28.2 Å². The van der Waals surface area contributed by atoms with Gasteiger partial charge in [0.1, 0.15) is 11.9 Å². The van der Waals surface area contributed by atoms with Crippen LogP contribution in [0.5, 0.6) is 5.75 Å². The van der Waals surface area contributed by atoms with Gasteiger partial charge in [-0.25, -0.2) is 4.79 Å². The standard InChI is InChI=1S/C27H27N3O5/c1-17(7-16-25(33)30-24-6-4-3-5-23(24)28)26(20-10-14-22(32)15-11-20)35-27(34)29-21-12-8-19(9-13-21)18(2)31/h3-17,26,32H,28H2,1-2H3,(H,29,34)(H,30,33)/b16-7+/t17-,26-/m0/s1. The first-order chi connectivity index (χ1) is 16.7. The van der Waals surface area contributed by atoms with Gasteiger partial charge in [0.15, 0.2) is 5.78 Å². The topological polar surface area (TPSA) is 131 Å². The normalized spacial score (nSPS) is 12.5. The van der Waals surface area contributed by atoms with Gasteiger partial charge < -0.3 is 20.9 Å². The average Bonchev–Trinajstić information content (AvgIpc) is 2.83. The van der Waals surface area contributed by atoms with Crippen LogP contribution < -0.4 is 16.4 Å². The van der Waals surface area contributed by atoms with E-state index < -0.39 is 18.1 Å². The first kappa shape index (κ1) is 25.0. The summed E-state index contributed by atoms with van der Waals surface area (Å²) >= 11 is 0. The lowest BCUT2D eigenvalue weighted by atomic mass is 9.96. The predicted molar refractivity (Wildman–Crippen MR) is 135 cm³/mol. The number of nitrogen functional groups attached to an aromatic ring is 1. The molecule has 0 radical (unpaired) electrons. The van der Waals surface area contributed by atoms with Crippen molar-refractivity contribution in [2.24, 2.45) is 5.92 Å². The molecule has 3 aromatic rings. The summed E-state index contributed by atoms with van der Waals surface area (Å²) in [5.74, 6) is -0.782. The fourth-order valence-electron chi connectivity index (χ4n) is 3.32. The van der Waals surface area contributed by atoms with Crippen LogP contribution in [0.25, 0.3) is 0 Å². The van der Waals surface area contributed by atoms with Gasteiger partial charge >= 0.3 is 6.09 Å². The van der Waals surface area contributed by atoms with Gasteiger partial charge in [-0.1, -0.05) is 37.3 Å². The highest BCUT2D eigenvalue weighted by atomic mass is 16.6. The maximum Gasteiger partial charge on any atom is 0.412 e. The Morgan fingerprint density at radius 2 is 1.60 bits per heavy atom. The quantitative estimate of drug-likeness (QED) is 0.200. The Balaban J connectivity index is 1.72. The second-order valence-corrected chi connectivity index (χ2v) is 7.97. The van der Waals surface area contributed by atoms with Gasteiger partial charge in [-0.2, -0.15) is 0 Å². The molecular formula is C27H27N3O5. The van der Waals surface area contributed by atoms with Crippen LogP contribution in [0.15, 0.2) is 84.9 Å². The second-order valence-electron chi connectivity index (χ2n) is 7.97. The molecule has 8 heteroatoms. The van der Waals surface area contributed by atoms with Crippen molar-refractivity contribution >= 4 is 34.8 Å². The molecule has 0 aliphatic rings. The molecule has 2 amide bonds. The Hall–Kier alpha value is -4.59. The van der Waals surface area contributed by atoms with Gasteiger partial charge in [0.2, 0.25) is 5.91 Å². The van der Waals surface area contributed by atoms with Gasteiger partial charge in [-0.15, -0.1) is 0 Å². The lowest BCUT2D eigenvalue weighted by Gasteiger charge is -2.23. The molecule has 3 aromatic carbocycles. The molecule has 2 atom stereocenters. The summed E-state index contributed by atoms with van der Waals surface area (Å²) in [5.41, 5.74) is 8.43. The van der Waals surface area contributed by atoms with E-state index in [1.807, 2.05) is 0 Å². The number of carbonyl (C=O) groups excluding carboxylic acids is 3. The summed E-state index contributed by atoms with van der Waals surface area (Å²) in [6.07, 6.45) is 1.52. The van der Waals surface area contributed by atoms with Crippen LogP contribution >= 0.6 is 0 Å². The Labute approximate surface area is 203 Å². The molecule has 0 spiro atoms. The van der Waals surface area contributed by atoms with Crippen LogP contribution in [0, 0.1) is 5.92 Å². The number of phenols is 1. The smallest absolute Gasteiger partial charge is 0.412 e. The number of para-hydroxylation sites is 2. The van der Waals surface area contributed by atoms with Crippen molar-refractivity contribution in [3.05, 3.63) is 96.1 Å². The van der Waals surface area contributed by atoms with E-state index in [-0.39, 0.29) is 17.4 Å². The monoisotopic (exact) mass is 473 g/mol. The lowest BCUT2D eigenvalue weighted by molar-refractivity contribution is -0.111. The van der Waals surface area contributed by atoms with E-state index >= 15 is 0 Å². The third-order valence-corrected chi connectivity index (χ3v) is 5.24. The zero-order valence-corrected chi connectivity index (χ0v) is 19.4. The number of hydrogen-bond donors (Lipinski definition) is 4. The summed E-state index contributed by atoms with van der Waals surface area (Å²) in [6.45, 7) is 3.26.